The summed E-state index contributed by atoms with van der Waals surface area (Å²) in [6, 6.07) is 6.16. The van der Waals surface area contributed by atoms with Crippen molar-refractivity contribution in [3.05, 3.63) is 52.6 Å². The maximum Gasteiger partial charge on any atom is 0.430 e. The Labute approximate surface area is 242 Å². The second-order valence-corrected chi connectivity index (χ2v) is 10.7. The number of nitrogens with one attached hydrogen (secondary N) is 1. The van der Waals surface area contributed by atoms with Crippen LogP contribution in [0.2, 0.25) is 0 Å². The maximum absolute atomic E-state index is 13.5. The van der Waals surface area contributed by atoms with E-state index in [1.54, 1.807) is 25.1 Å². The molecule has 0 radical (unpaired) electrons. The molecule has 2 aliphatic heterocycles. The fourth-order valence-corrected chi connectivity index (χ4v) is 5.94. The fraction of sp³-hybridized carbons (Fsp3) is 0.517. The average molecular weight is 617 g/mol. The van der Waals surface area contributed by atoms with E-state index in [0.717, 1.165) is 11.0 Å². The molecular weight excluding hydrogens is 586 g/mol. The van der Waals surface area contributed by atoms with Gasteiger partial charge in [0.1, 0.15) is 24.5 Å². The first kappa shape index (κ1) is 30.8. The number of rotatable bonds is 9. The number of unbranched alkanes of at least 4 members (excludes halogenated alkanes) is 1. The van der Waals surface area contributed by atoms with Gasteiger partial charge in [-0.3, -0.25) is 9.69 Å². The van der Waals surface area contributed by atoms with Gasteiger partial charge in [-0.05, 0) is 73.4 Å². The van der Waals surface area contributed by atoms with Crippen LogP contribution >= 0.6 is 0 Å². The molecule has 2 heterocycles. The highest BCUT2D eigenvalue weighted by Gasteiger charge is 2.72. The number of amides is 3. The highest BCUT2D eigenvalue weighted by atomic mass is 19.4. The molecule has 43 heavy (non-hydrogen) atoms. The Kier molecular flexibility index (Phi) is 7.95. The van der Waals surface area contributed by atoms with Crippen LogP contribution in [0.4, 0.5) is 31.1 Å². The molecule has 14 heteroatoms. The summed E-state index contributed by atoms with van der Waals surface area (Å²) in [7, 11) is 0. The smallest absolute Gasteiger partial charge is 0.430 e. The monoisotopic (exact) mass is 616 g/mol. The molecule has 8 nitrogen and oxygen atoms in total. The third kappa shape index (κ3) is 5.12. The molecule has 2 aromatic carbocycles. The quantitative estimate of drug-likeness (QED) is 0.226. The summed E-state index contributed by atoms with van der Waals surface area (Å²) in [6.07, 6.45) is -10.5. The number of alkyl halides is 6. The SMILES string of the molecule is CCC1(c2ccc3c(c2)OCCO3)NC(=O)N(CCCCOc2ccc(C(O)(C(F)(F)F)C(F)(F)F)c3c2CCC3)C1=O. The molecular formula is C29H30F6N2O6. The van der Waals surface area contributed by atoms with Gasteiger partial charge in [-0.1, -0.05) is 19.1 Å². The molecule has 0 saturated carbocycles. The summed E-state index contributed by atoms with van der Waals surface area (Å²) in [5.41, 5.74) is -6.97. The van der Waals surface area contributed by atoms with Crippen molar-refractivity contribution >= 4 is 11.9 Å². The zero-order chi connectivity index (χ0) is 31.2. The van der Waals surface area contributed by atoms with Crippen molar-refractivity contribution in [3.8, 4) is 17.2 Å². The number of halogens is 6. The molecule has 1 fully saturated rings. The molecule has 1 aliphatic carbocycles. The van der Waals surface area contributed by atoms with Crippen LogP contribution < -0.4 is 19.5 Å². The predicted molar refractivity (Wildman–Crippen MR) is 139 cm³/mol. The number of ether oxygens (including phenoxy) is 3. The lowest BCUT2D eigenvalue weighted by Crippen LogP contribution is -2.54. The van der Waals surface area contributed by atoms with Crippen molar-refractivity contribution < 1.29 is 55.2 Å². The van der Waals surface area contributed by atoms with Crippen molar-refractivity contribution in [1.29, 1.82) is 0 Å². The summed E-state index contributed by atoms with van der Waals surface area (Å²) >= 11 is 0. The Hall–Kier alpha value is -3.68. The van der Waals surface area contributed by atoms with Crippen LogP contribution in [0.3, 0.4) is 0 Å². The number of hydrogen-bond donors (Lipinski definition) is 2. The average Bonchev–Trinajstić information content (AvgIpc) is 3.54. The zero-order valence-corrected chi connectivity index (χ0v) is 23.2. The van der Waals surface area contributed by atoms with Crippen LogP contribution in [-0.4, -0.2) is 60.7 Å². The van der Waals surface area contributed by atoms with Gasteiger partial charge >= 0.3 is 18.4 Å². The Morgan fingerprint density at radius 1 is 0.953 bits per heavy atom. The molecule has 3 amide bonds. The second-order valence-electron chi connectivity index (χ2n) is 10.7. The molecule has 1 saturated heterocycles. The molecule has 3 aliphatic rings. The van der Waals surface area contributed by atoms with Crippen LogP contribution in [0.25, 0.3) is 0 Å². The number of benzene rings is 2. The first-order valence-corrected chi connectivity index (χ1v) is 13.9. The zero-order valence-electron chi connectivity index (χ0n) is 23.2. The van der Waals surface area contributed by atoms with Gasteiger partial charge in [0, 0.05) is 12.1 Å². The summed E-state index contributed by atoms with van der Waals surface area (Å²) in [6.45, 7) is 2.66. The number of fused-ring (bicyclic) bond motifs is 2. The van der Waals surface area contributed by atoms with Crippen LogP contribution in [-0.2, 0) is 28.8 Å². The van der Waals surface area contributed by atoms with E-state index in [1.807, 2.05) is 0 Å². The van der Waals surface area contributed by atoms with Crippen LogP contribution in [0.5, 0.6) is 17.2 Å². The third-order valence-corrected chi connectivity index (χ3v) is 8.23. The molecule has 1 atom stereocenters. The van der Waals surface area contributed by atoms with Gasteiger partial charge in [0.15, 0.2) is 11.5 Å². The van der Waals surface area contributed by atoms with Gasteiger partial charge in [0.25, 0.3) is 11.5 Å². The minimum Gasteiger partial charge on any atom is -0.493 e. The van der Waals surface area contributed by atoms with E-state index < -0.39 is 41.0 Å². The Balaban J connectivity index is 1.23. The van der Waals surface area contributed by atoms with Gasteiger partial charge < -0.3 is 24.6 Å². The van der Waals surface area contributed by atoms with Crippen LogP contribution in [0.15, 0.2) is 30.3 Å². The molecule has 0 bridgehead atoms. The van der Waals surface area contributed by atoms with Gasteiger partial charge in [-0.15, -0.1) is 0 Å². The van der Waals surface area contributed by atoms with E-state index in [9.17, 15) is 41.0 Å². The molecule has 234 valence electrons. The number of carbonyl (C=O) groups is 2. The number of urea groups is 1. The second kappa shape index (κ2) is 11.1. The lowest BCUT2D eigenvalue weighted by atomic mass is 9.86. The van der Waals surface area contributed by atoms with E-state index >= 15 is 0 Å². The van der Waals surface area contributed by atoms with Crippen molar-refractivity contribution in [3.63, 3.8) is 0 Å². The maximum atomic E-state index is 13.5. The number of hydrogen-bond acceptors (Lipinski definition) is 6. The molecule has 1 unspecified atom stereocenters. The summed E-state index contributed by atoms with van der Waals surface area (Å²) in [4.78, 5) is 27.4. The number of imide groups is 1. The normalized spacial score (nSPS) is 20.3. The van der Waals surface area contributed by atoms with E-state index in [4.69, 9.17) is 14.2 Å². The highest BCUT2D eigenvalue weighted by Crippen LogP contribution is 2.53. The van der Waals surface area contributed by atoms with Gasteiger partial charge in [0.05, 0.1) is 6.61 Å². The van der Waals surface area contributed by atoms with Crippen LogP contribution in [0.1, 0.15) is 54.9 Å². The summed E-state index contributed by atoms with van der Waals surface area (Å²) in [5.74, 6) is 0.746. The summed E-state index contributed by atoms with van der Waals surface area (Å²) < 4.78 is 97.8. The standard InChI is InChI=1S/C29H30F6N2O6/c1-2-26(17-8-10-22-23(16-17)43-15-14-42-22)24(38)37(25(39)36-26)12-3-4-13-41-21-11-9-20(18-6-5-7-19(18)21)27(40,28(30,31)32)29(33,34)35/h8-11,16,40H,2-7,12-15H2,1H3,(H,36,39). The van der Waals surface area contributed by atoms with E-state index in [2.05, 4.69) is 5.32 Å². The molecule has 0 aromatic heterocycles. The Morgan fingerprint density at radius 2 is 1.63 bits per heavy atom. The van der Waals surface area contributed by atoms with Crippen molar-refractivity contribution in [2.75, 3.05) is 26.4 Å². The fourth-order valence-electron chi connectivity index (χ4n) is 5.94. The number of aliphatic hydroxyl groups is 1. The lowest BCUT2D eigenvalue weighted by molar-refractivity contribution is -0.376. The predicted octanol–water partition coefficient (Wildman–Crippen LogP) is 5.28. The Bertz CT molecular complexity index is 1400. The van der Waals surface area contributed by atoms with E-state index in [0.29, 0.717) is 55.6 Å². The number of nitrogens with zero attached hydrogens (tertiary/aromatic N) is 1. The topological polar surface area (TPSA) is 97.3 Å². The minimum absolute atomic E-state index is 0.0410. The van der Waals surface area contributed by atoms with Crippen molar-refractivity contribution in [2.45, 2.75) is 68.9 Å². The van der Waals surface area contributed by atoms with Gasteiger partial charge in [-0.2, -0.15) is 26.3 Å². The van der Waals surface area contributed by atoms with Gasteiger partial charge in [0.2, 0.25) is 0 Å². The van der Waals surface area contributed by atoms with Crippen LogP contribution in [0, 0.1) is 0 Å². The van der Waals surface area contributed by atoms with Crippen molar-refractivity contribution in [1.82, 2.24) is 10.2 Å². The molecule has 2 N–H and O–H groups in total. The number of carbonyl (C=O) groups excluding carboxylic acids is 2. The molecule has 5 rings (SSSR count). The third-order valence-electron chi connectivity index (χ3n) is 8.23. The summed E-state index contributed by atoms with van der Waals surface area (Å²) in [5, 5.41) is 12.7. The van der Waals surface area contributed by atoms with Gasteiger partial charge in [-0.25, -0.2) is 4.79 Å². The van der Waals surface area contributed by atoms with E-state index in [1.165, 1.54) is 0 Å². The first-order chi connectivity index (χ1) is 20.2. The minimum atomic E-state index is -5.97. The van der Waals surface area contributed by atoms with Crippen molar-refractivity contribution in [2.24, 2.45) is 0 Å². The Morgan fingerprint density at radius 3 is 2.30 bits per heavy atom. The highest BCUT2D eigenvalue weighted by molar-refractivity contribution is 6.07. The van der Waals surface area contributed by atoms with E-state index in [-0.39, 0.29) is 49.3 Å². The lowest BCUT2D eigenvalue weighted by Gasteiger charge is -2.34. The molecule has 2 aromatic rings. The first-order valence-electron chi connectivity index (χ1n) is 13.9. The molecule has 0 spiro atoms. The largest absolute Gasteiger partial charge is 0.493 e.